The number of aryl methyl sites for hydroxylation is 2. The fourth-order valence-corrected chi connectivity index (χ4v) is 4.08. The van der Waals surface area contributed by atoms with E-state index in [0.29, 0.717) is 12.0 Å². The van der Waals surface area contributed by atoms with Crippen LogP contribution in [0.2, 0.25) is 0 Å². The Kier molecular flexibility index (Phi) is 8.08. The minimum Gasteiger partial charge on any atom is -0.330 e. The van der Waals surface area contributed by atoms with Crippen molar-refractivity contribution in [1.29, 1.82) is 0 Å². The molecule has 142 valence electrons. The van der Waals surface area contributed by atoms with Crippen molar-refractivity contribution in [3.05, 3.63) is 70.5 Å². The maximum Gasteiger partial charge on any atom is 0.123 e. The van der Waals surface area contributed by atoms with Crippen molar-refractivity contribution in [2.45, 2.75) is 51.0 Å². The molecule has 0 spiro atoms. The highest BCUT2D eigenvalue weighted by Crippen LogP contribution is 2.35. The van der Waals surface area contributed by atoms with E-state index in [1.54, 1.807) is 6.07 Å². The number of fused-ring (bicyclic) bond motifs is 1. The number of hydrogen-bond acceptors (Lipinski definition) is 2. The van der Waals surface area contributed by atoms with E-state index in [0.717, 1.165) is 50.8 Å². The maximum atomic E-state index is 13.6. The molecule has 0 fully saturated rings. The largest absolute Gasteiger partial charge is 0.330 e. The second-order valence-electron chi connectivity index (χ2n) is 7.07. The highest BCUT2D eigenvalue weighted by atomic mass is 35.5. The summed E-state index contributed by atoms with van der Waals surface area (Å²) < 4.78 is 13.6. The second kappa shape index (κ2) is 10.1. The number of likely N-dealkylation sites (N-methyl/N-ethyl adjacent to an activating group) is 1. The standard InChI is InChI=1S/C22H29FN2.ClH/c1-2-25-22-11-10-18-9-8-16(6-4-12-24)14-20(18)21(22)15-17-5-3-7-19(23)13-17;/h3,5,7-9,13-14,21-22,25H,2,4,6,10-12,15,24H2,1H3;1H. The zero-order valence-electron chi connectivity index (χ0n) is 15.5. The van der Waals surface area contributed by atoms with Crippen molar-refractivity contribution in [2.75, 3.05) is 13.1 Å². The molecule has 0 amide bonds. The van der Waals surface area contributed by atoms with Gasteiger partial charge in [0.25, 0.3) is 0 Å². The van der Waals surface area contributed by atoms with Gasteiger partial charge in [-0.25, -0.2) is 4.39 Å². The third-order valence-corrected chi connectivity index (χ3v) is 5.30. The van der Waals surface area contributed by atoms with Gasteiger partial charge in [-0.05, 0) is 79.6 Å². The third kappa shape index (κ3) is 5.06. The Morgan fingerprint density at radius 1 is 1.15 bits per heavy atom. The lowest BCUT2D eigenvalue weighted by Crippen LogP contribution is -2.39. The Labute approximate surface area is 162 Å². The average Bonchev–Trinajstić information content (AvgIpc) is 2.62. The molecule has 2 aromatic rings. The molecule has 0 radical (unpaired) electrons. The first-order valence-electron chi connectivity index (χ1n) is 9.51. The molecule has 2 unspecified atom stereocenters. The summed E-state index contributed by atoms with van der Waals surface area (Å²) in [7, 11) is 0. The van der Waals surface area contributed by atoms with Crippen LogP contribution in [0.25, 0.3) is 0 Å². The van der Waals surface area contributed by atoms with Crippen LogP contribution in [0, 0.1) is 5.82 Å². The summed E-state index contributed by atoms with van der Waals surface area (Å²) in [5.74, 6) is 0.244. The molecular weight excluding hydrogens is 347 g/mol. The average molecular weight is 377 g/mol. The van der Waals surface area contributed by atoms with E-state index in [2.05, 4.69) is 30.4 Å². The summed E-state index contributed by atoms with van der Waals surface area (Å²) in [5.41, 5.74) is 11.0. The number of halogens is 2. The molecule has 0 aliphatic heterocycles. The number of hydrogen-bond donors (Lipinski definition) is 2. The van der Waals surface area contributed by atoms with Gasteiger partial charge in [0.15, 0.2) is 0 Å². The molecular formula is C22H30ClFN2. The normalized spacial score (nSPS) is 18.9. The van der Waals surface area contributed by atoms with Gasteiger partial charge in [0, 0.05) is 12.0 Å². The van der Waals surface area contributed by atoms with Crippen molar-refractivity contribution < 1.29 is 4.39 Å². The van der Waals surface area contributed by atoms with Crippen LogP contribution >= 0.6 is 12.4 Å². The van der Waals surface area contributed by atoms with E-state index in [1.807, 2.05) is 12.1 Å². The van der Waals surface area contributed by atoms with Gasteiger partial charge in [-0.1, -0.05) is 37.3 Å². The highest BCUT2D eigenvalue weighted by molar-refractivity contribution is 5.85. The topological polar surface area (TPSA) is 38.0 Å². The number of benzene rings is 2. The molecule has 26 heavy (non-hydrogen) atoms. The van der Waals surface area contributed by atoms with Crippen molar-refractivity contribution in [3.63, 3.8) is 0 Å². The molecule has 1 aliphatic rings. The quantitative estimate of drug-likeness (QED) is 0.752. The van der Waals surface area contributed by atoms with Crippen LogP contribution in [-0.4, -0.2) is 19.1 Å². The van der Waals surface area contributed by atoms with Crippen molar-refractivity contribution in [2.24, 2.45) is 5.73 Å². The van der Waals surface area contributed by atoms with Crippen LogP contribution in [0.3, 0.4) is 0 Å². The van der Waals surface area contributed by atoms with E-state index < -0.39 is 0 Å². The Hall–Kier alpha value is -1.42. The molecule has 0 heterocycles. The number of rotatable bonds is 7. The van der Waals surface area contributed by atoms with E-state index in [4.69, 9.17) is 5.73 Å². The van der Waals surface area contributed by atoms with Gasteiger partial charge in [-0.2, -0.15) is 0 Å². The van der Waals surface area contributed by atoms with Crippen molar-refractivity contribution in [3.8, 4) is 0 Å². The number of nitrogens with two attached hydrogens (primary N) is 1. The minimum atomic E-state index is -0.148. The van der Waals surface area contributed by atoms with Crippen LogP contribution in [0.4, 0.5) is 4.39 Å². The van der Waals surface area contributed by atoms with E-state index in [1.165, 1.54) is 22.8 Å². The second-order valence-corrected chi connectivity index (χ2v) is 7.07. The van der Waals surface area contributed by atoms with Gasteiger partial charge in [-0.15, -0.1) is 12.4 Å². The molecule has 2 aromatic carbocycles. The molecule has 0 saturated carbocycles. The molecule has 2 nitrogen and oxygen atoms in total. The first-order chi connectivity index (χ1) is 12.2. The van der Waals surface area contributed by atoms with Gasteiger partial charge >= 0.3 is 0 Å². The van der Waals surface area contributed by atoms with Gasteiger partial charge in [0.1, 0.15) is 5.82 Å². The van der Waals surface area contributed by atoms with Crippen LogP contribution in [0.15, 0.2) is 42.5 Å². The summed E-state index contributed by atoms with van der Waals surface area (Å²) in [5, 5.41) is 3.66. The summed E-state index contributed by atoms with van der Waals surface area (Å²) in [4.78, 5) is 0. The molecule has 0 bridgehead atoms. The smallest absolute Gasteiger partial charge is 0.123 e. The molecule has 4 heteroatoms. The van der Waals surface area contributed by atoms with Gasteiger partial charge < -0.3 is 11.1 Å². The predicted octanol–water partition coefficient (Wildman–Crippen LogP) is 4.39. The Morgan fingerprint density at radius 3 is 2.73 bits per heavy atom. The number of nitrogens with one attached hydrogen (secondary N) is 1. The van der Waals surface area contributed by atoms with Crippen molar-refractivity contribution in [1.82, 2.24) is 5.32 Å². The SMILES string of the molecule is CCNC1CCc2ccc(CCCN)cc2C1Cc1cccc(F)c1.Cl. The minimum absolute atomic E-state index is 0. The summed E-state index contributed by atoms with van der Waals surface area (Å²) >= 11 is 0. The lowest BCUT2D eigenvalue weighted by atomic mass is 9.75. The van der Waals surface area contributed by atoms with Crippen LogP contribution in [-0.2, 0) is 19.3 Å². The highest BCUT2D eigenvalue weighted by Gasteiger charge is 2.29. The van der Waals surface area contributed by atoms with Crippen LogP contribution in [0.5, 0.6) is 0 Å². The zero-order valence-corrected chi connectivity index (χ0v) is 16.3. The summed E-state index contributed by atoms with van der Waals surface area (Å²) in [6.45, 7) is 3.85. The molecule has 2 atom stereocenters. The first kappa shape index (κ1) is 20.9. The Balaban J connectivity index is 0.00000243. The van der Waals surface area contributed by atoms with Crippen LogP contribution < -0.4 is 11.1 Å². The Morgan fingerprint density at radius 2 is 2.00 bits per heavy atom. The zero-order chi connectivity index (χ0) is 17.6. The fourth-order valence-electron chi connectivity index (χ4n) is 4.08. The van der Waals surface area contributed by atoms with Gasteiger partial charge in [-0.3, -0.25) is 0 Å². The van der Waals surface area contributed by atoms with Gasteiger partial charge in [0.2, 0.25) is 0 Å². The lowest BCUT2D eigenvalue weighted by Gasteiger charge is -2.35. The molecule has 3 N–H and O–H groups in total. The van der Waals surface area contributed by atoms with E-state index in [-0.39, 0.29) is 18.2 Å². The predicted molar refractivity (Wildman–Crippen MR) is 110 cm³/mol. The Bertz CT molecular complexity index is 704. The van der Waals surface area contributed by atoms with E-state index in [9.17, 15) is 4.39 Å². The van der Waals surface area contributed by atoms with Crippen LogP contribution in [0.1, 0.15) is 47.9 Å². The molecule has 1 aliphatic carbocycles. The fraction of sp³-hybridized carbons (Fsp3) is 0.455. The summed E-state index contributed by atoms with van der Waals surface area (Å²) in [6.07, 6.45) is 5.18. The van der Waals surface area contributed by atoms with Gasteiger partial charge in [0.05, 0.1) is 0 Å². The monoisotopic (exact) mass is 376 g/mol. The molecule has 3 rings (SSSR count). The molecule has 0 saturated heterocycles. The van der Waals surface area contributed by atoms with E-state index >= 15 is 0 Å². The third-order valence-electron chi connectivity index (χ3n) is 5.30. The maximum absolute atomic E-state index is 13.6. The molecule has 0 aromatic heterocycles. The lowest BCUT2D eigenvalue weighted by molar-refractivity contribution is 0.391. The van der Waals surface area contributed by atoms with Crippen molar-refractivity contribution >= 4 is 12.4 Å². The first-order valence-corrected chi connectivity index (χ1v) is 9.51. The summed E-state index contributed by atoms with van der Waals surface area (Å²) in [6, 6.07) is 14.4.